The monoisotopic (exact) mass is 511 g/mol. The molecular weight excluding hydrogens is 489 g/mol. The molecule has 35 heavy (non-hydrogen) atoms. The predicted octanol–water partition coefficient (Wildman–Crippen LogP) is 1.11. The summed E-state index contributed by atoms with van der Waals surface area (Å²) in [4.78, 5) is 29.1. The first-order valence-electron chi connectivity index (χ1n) is 10.5. The van der Waals surface area contributed by atoms with Crippen LogP contribution in [0.25, 0.3) is 16.6 Å². The maximum absolute atomic E-state index is 13.7. The number of thioether (sulfide) groups is 1. The fraction of sp³-hybridized carbons (Fsp3) is 0.154. The van der Waals surface area contributed by atoms with Crippen molar-refractivity contribution in [1.82, 2.24) is 8.75 Å². The first-order chi connectivity index (χ1) is 16.4. The third-order valence-corrected chi connectivity index (χ3v) is 6.81. The van der Waals surface area contributed by atoms with Gasteiger partial charge in [0.2, 0.25) is 0 Å². The van der Waals surface area contributed by atoms with Crippen molar-refractivity contribution < 1.29 is 44.3 Å². The first-order valence-corrected chi connectivity index (χ1v) is 12.4. The van der Waals surface area contributed by atoms with Gasteiger partial charge in [-0.25, -0.2) is 0 Å². The number of fused-ring (bicyclic) bond motifs is 1. The van der Waals surface area contributed by atoms with Crippen LogP contribution in [0.15, 0.2) is 77.2 Å². The maximum Gasteiger partial charge on any atom is 1.00 e. The van der Waals surface area contributed by atoms with Gasteiger partial charge in [0.05, 0.1) is 17.7 Å². The van der Waals surface area contributed by atoms with Gasteiger partial charge in [-0.1, -0.05) is 18.2 Å². The molecule has 4 aromatic rings. The number of carbonyl (C=O) groups excluding carboxylic acids is 2. The fourth-order valence-corrected chi connectivity index (χ4v) is 4.59. The molecule has 0 saturated carbocycles. The third kappa shape index (κ3) is 6.20. The number of hydrogen-bond acceptors (Lipinski definition) is 8. The van der Waals surface area contributed by atoms with E-state index in [4.69, 9.17) is 0 Å². The van der Waals surface area contributed by atoms with E-state index < -0.39 is 5.97 Å². The number of Topliss-reactive ketones (excluding diaryl/α,β-unsaturated/α-hetero) is 1. The van der Waals surface area contributed by atoms with E-state index in [9.17, 15) is 14.7 Å². The molecule has 0 spiro atoms. The minimum absolute atomic E-state index is 0. The molecule has 3 aromatic carbocycles. The number of carboxylic acids is 1. The van der Waals surface area contributed by atoms with Gasteiger partial charge < -0.3 is 14.8 Å². The Bertz CT molecular complexity index is 1380. The number of aliphatic carboxylic acids is 1. The molecule has 0 saturated heterocycles. The number of nitrogens with zero attached hydrogens (tertiary/aromatic N) is 3. The second-order valence-corrected chi connectivity index (χ2v) is 9.31. The van der Waals surface area contributed by atoms with E-state index in [1.807, 2.05) is 61.6 Å². The zero-order valence-electron chi connectivity index (χ0n) is 19.9. The second kappa shape index (κ2) is 12.0. The van der Waals surface area contributed by atoms with Crippen LogP contribution < -0.4 is 39.6 Å². The molecule has 0 fully saturated rings. The van der Waals surface area contributed by atoms with Gasteiger partial charge in [-0.3, -0.25) is 4.79 Å². The summed E-state index contributed by atoms with van der Waals surface area (Å²) in [5.74, 6) is -1.75. The van der Waals surface area contributed by atoms with Crippen LogP contribution in [0.3, 0.4) is 0 Å². The minimum atomic E-state index is -1.41. The zero-order chi connectivity index (χ0) is 24.2. The summed E-state index contributed by atoms with van der Waals surface area (Å²) in [6.07, 6.45) is 2.10. The molecule has 0 unspecified atom stereocenters. The molecule has 0 N–H and O–H groups in total. The molecule has 0 radical (unpaired) electrons. The van der Waals surface area contributed by atoms with Crippen molar-refractivity contribution in [2.75, 3.05) is 25.3 Å². The van der Waals surface area contributed by atoms with E-state index in [1.165, 1.54) is 0 Å². The summed E-state index contributed by atoms with van der Waals surface area (Å²) in [6.45, 7) is 0. The summed E-state index contributed by atoms with van der Waals surface area (Å²) >= 11 is 2.62. The molecular formula is C26H22N3NaO3S2. The second-order valence-electron chi connectivity index (χ2n) is 7.90. The largest absolute Gasteiger partial charge is 1.00 e. The SMILES string of the molecule is CSc1ccc(C(=O)/C(Cc2ccc(N(C)C)cc2)=C(/C(=O)[O-])c2ccc3nsnc3c2)cc1.[Na+]. The van der Waals surface area contributed by atoms with Crippen LogP contribution in [0.2, 0.25) is 0 Å². The minimum Gasteiger partial charge on any atom is -0.545 e. The van der Waals surface area contributed by atoms with Crippen molar-refractivity contribution in [2.45, 2.75) is 11.3 Å². The van der Waals surface area contributed by atoms with Gasteiger partial charge in [0.1, 0.15) is 11.0 Å². The Kier molecular flexibility index (Phi) is 9.27. The van der Waals surface area contributed by atoms with Gasteiger partial charge in [0, 0.05) is 47.8 Å². The normalized spacial score (nSPS) is 11.5. The summed E-state index contributed by atoms with van der Waals surface area (Å²) in [6, 6.07) is 19.8. The van der Waals surface area contributed by atoms with Gasteiger partial charge in [-0.2, -0.15) is 8.75 Å². The summed E-state index contributed by atoms with van der Waals surface area (Å²) in [7, 11) is 3.89. The zero-order valence-corrected chi connectivity index (χ0v) is 23.6. The van der Waals surface area contributed by atoms with Gasteiger partial charge in [-0.15, -0.1) is 11.8 Å². The van der Waals surface area contributed by atoms with E-state index >= 15 is 0 Å². The fourth-order valence-electron chi connectivity index (χ4n) is 3.67. The molecule has 172 valence electrons. The molecule has 0 aliphatic rings. The Morgan fingerprint density at radius 2 is 1.54 bits per heavy atom. The molecule has 1 aromatic heterocycles. The molecule has 0 atom stereocenters. The van der Waals surface area contributed by atoms with Crippen LogP contribution in [0.1, 0.15) is 21.5 Å². The predicted molar refractivity (Wildman–Crippen MR) is 136 cm³/mol. The molecule has 6 nitrogen and oxygen atoms in total. The Morgan fingerprint density at radius 3 is 2.14 bits per heavy atom. The van der Waals surface area contributed by atoms with Gasteiger partial charge in [0.15, 0.2) is 5.78 Å². The summed E-state index contributed by atoms with van der Waals surface area (Å²) < 4.78 is 8.39. The summed E-state index contributed by atoms with van der Waals surface area (Å²) in [5.41, 5.74) is 3.91. The first kappa shape index (κ1) is 27.1. The number of allylic oxidation sites excluding steroid dienone is 1. The Morgan fingerprint density at radius 1 is 0.914 bits per heavy atom. The number of ketones is 1. The van der Waals surface area contributed by atoms with Crippen molar-refractivity contribution >= 4 is 57.5 Å². The van der Waals surface area contributed by atoms with Crippen LogP contribution in [0.4, 0.5) is 5.69 Å². The number of anilines is 1. The number of hydrogen-bond donors (Lipinski definition) is 0. The smallest absolute Gasteiger partial charge is 0.545 e. The topological polar surface area (TPSA) is 86.2 Å². The number of aromatic nitrogens is 2. The van der Waals surface area contributed by atoms with Gasteiger partial charge in [0.25, 0.3) is 0 Å². The molecule has 1 heterocycles. The quantitative estimate of drug-likeness (QED) is 0.152. The van der Waals surface area contributed by atoms with Crippen molar-refractivity contribution in [1.29, 1.82) is 0 Å². The van der Waals surface area contributed by atoms with Crippen molar-refractivity contribution in [3.63, 3.8) is 0 Å². The van der Waals surface area contributed by atoms with Crippen LogP contribution in [0.5, 0.6) is 0 Å². The number of carboxylic acid groups (broad SMARTS) is 1. The third-order valence-electron chi connectivity index (χ3n) is 5.51. The van der Waals surface area contributed by atoms with E-state index in [1.54, 1.807) is 42.1 Å². The van der Waals surface area contributed by atoms with E-state index in [-0.39, 0.29) is 52.9 Å². The van der Waals surface area contributed by atoms with Crippen molar-refractivity contribution in [2.24, 2.45) is 0 Å². The van der Waals surface area contributed by atoms with E-state index in [0.29, 0.717) is 22.2 Å². The molecule has 4 rings (SSSR count). The average Bonchev–Trinajstić information content (AvgIpc) is 3.31. The average molecular weight is 512 g/mol. The molecule has 0 amide bonds. The van der Waals surface area contributed by atoms with E-state index in [2.05, 4.69) is 8.75 Å². The Labute approximate surface area is 234 Å². The van der Waals surface area contributed by atoms with Crippen LogP contribution in [0, 0.1) is 0 Å². The van der Waals surface area contributed by atoms with Crippen molar-refractivity contribution in [3.8, 4) is 0 Å². The maximum atomic E-state index is 13.7. The van der Waals surface area contributed by atoms with E-state index in [0.717, 1.165) is 27.9 Å². The van der Waals surface area contributed by atoms with Crippen molar-refractivity contribution in [3.05, 3.63) is 89.0 Å². The Hall–Kier alpha value is -2.49. The molecule has 0 bridgehead atoms. The number of benzene rings is 3. The molecule has 9 heteroatoms. The van der Waals surface area contributed by atoms with Gasteiger partial charge in [-0.05, 0) is 65.9 Å². The number of carbonyl (C=O) groups is 2. The van der Waals surface area contributed by atoms with Crippen LogP contribution >= 0.6 is 23.5 Å². The standard InChI is InChI=1S/C26H23N3O3S2.Na/c1-29(2)19-9-4-16(5-10-19)14-21(25(30)17-6-11-20(33-3)12-7-17)24(26(31)32)18-8-13-22-23(15-18)28-34-27-22;/h4-13,15H,14H2,1-3H3,(H,31,32);/q;+1/p-1/b24-21+;. The molecule has 0 aliphatic heterocycles. The number of rotatable bonds is 8. The summed E-state index contributed by atoms with van der Waals surface area (Å²) in [5, 5.41) is 12.4. The van der Waals surface area contributed by atoms with Crippen LogP contribution in [-0.2, 0) is 11.2 Å². The molecule has 0 aliphatic carbocycles. The Balaban J connectivity index is 0.00000342. The van der Waals surface area contributed by atoms with Gasteiger partial charge >= 0.3 is 29.6 Å². The van der Waals surface area contributed by atoms with Crippen LogP contribution in [-0.4, -0.2) is 40.9 Å².